The first kappa shape index (κ1) is 7.98. The second-order valence-electron chi connectivity index (χ2n) is 2.97. The number of aliphatic hydroxyl groups is 2. The molecule has 0 radical (unpaired) electrons. The molecule has 0 bridgehead atoms. The Bertz CT molecular complexity index is 95.0. The Morgan fingerprint density at radius 3 is 2.70 bits per heavy atom. The second kappa shape index (κ2) is 3.32. The monoisotopic (exact) mass is 146 g/mol. The highest BCUT2D eigenvalue weighted by Gasteiger charge is 2.24. The van der Waals surface area contributed by atoms with Gasteiger partial charge in [0.25, 0.3) is 0 Å². The standard InChI is InChI=1S/C7H14O3/c1-5-2-6(4-8)10-7(9)3-5/h5-9H,2-4H2,1H3. The largest absolute Gasteiger partial charge is 0.394 e. The van der Waals surface area contributed by atoms with Crippen molar-refractivity contribution in [3.8, 4) is 0 Å². The first-order valence-corrected chi connectivity index (χ1v) is 3.66. The third kappa shape index (κ3) is 1.94. The van der Waals surface area contributed by atoms with Crippen LogP contribution in [0.1, 0.15) is 19.8 Å². The summed E-state index contributed by atoms with van der Waals surface area (Å²) < 4.78 is 5.01. The molecule has 2 N–H and O–H groups in total. The van der Waals surface area contributed by atoms with Crippen LogP contribution in [0.15, 0.2) is 0 Å². The molecule has 3 nitrogen and oxygen atoms in total. The molecule has 1 aliphatic rings. The molecule has 1 fully saturated rings. The van der Waals surface area contributed by atoms with Crippen molar-refractivity contribution in [1.82, 2.24) is 0 Å². The summed E-state index contributed by atoms with van der Waals surface area (Å²) in [4.78, 5) is 0. The van der Waals surface area contributed by atoms with E-state index in [1.807, 2.05) is 0 Å². The molecule has 1 rings (SSSR count). The average Bonchev–Trinajstić information content (AvgIpc) is 1.85. The van der Waals surface area contributed by atoms with Crippen molar-refractivity contribution >= 4 is 0 Å². The maximum atomic E-state index is 9.05. The molecular weight excluding hydrogens is 132 g/mol. The van der Waals surface area contributed by atoms with Gasteiger partial charge in [-0.2, -0.15) is 0 Å². The van der Waals surface area contributed by atoms with Gasteiger partial charge in [0, 0.05) is 6.42 Å². The summed E-state index contributed by atoms with van der Waals surface area (Å²) in [5.41, 5.74) is 0. The zero-order chi connectivity index (χ0) is 7.56. The molecule has 1 saturated heterocycles. The highest BCUT2D eigenvalue weighted by atomic mass is 16.6. The van der Waals surface area contributed by atoms with Gasteiger partial charge in [0.2, 0.25) is 0 Å². The summed E-state index contributed by atoms with van der Waals surface area (Å²) in [6.07, 6.45) is 0.726. The topological polar surface area (TPSA) is 49.7 Å². The summed E-state index contributed by atoms with van der Waals surface area (Å²) in [6.45, 7) is 2.07. The van der Waals surface area contributed by atoms with Crippen LogP contribution in [0.5, 0.6) is 0 Å². The summed E-state index contributed by atoms with van der Waals surface area (Å²) in [7, 11) is 0. The van der Waals surface area contributed by atoms with Gasteiger partial charge in [-0.1, -0.05) is 6.92 Å². The summed E-state index contributed by atoms with van der Waals surface area (Å²) in [5, 5.41) is 17.7. The number of ether oxygens (including phenoxy) is 1. The summed E-state index contributed by atoms with van der Waals surface area (Å²) in [6, 6.07) is 0. The third-order valence-corrected chi connectivity index (χ3v) is 1.82. The number of rotatable bonds is 1. The zero-order valence-electron chi connectivity index (χ0n) is 6.16. The number of aliphatic hydroxyl groups excluding tert-OH is 2. The van der Waals surface area contributed by atoms with Crippen molar-refractivity contribution in [2.24, 2.45) is 5.92 Å². The summed E-state index contributed by atoms with van der Waals surface area (Å²) in [5.74, 6) is 0.459. The minimum atomic E-state index is -0.666. The van der Waals surface area contributed by atoms with Gasteiger partial charge < -0.3 is 14.9 Å². The Morgan fingerprint density at radius 1 is 1.50 bits per heavy atom. The molecule has 3 unspecified atom stereocenters. The molecule has 0 amide bonds. The van der Waals surface area contributed by atoms with E-state index in [-0.39, 0.29) is 12.7 Å². The highest BCUT2D eigenvalue weighted by Crippen LogP contribution is 2.22. The van der Waals surface area contributed by atoms with Gasteiger partial charge in [-0.15, -0.1) is 0 Å². The first-order chi connectivity index (χ1) is 4.72. The molecule has 3 atom stereocenters. The van der Waals surface area contributed by atoms with Crippen molar-refractivity contribution in [3.05, 3.63) is 0 Å². The van der Waals surface area contributed by atoms with Crippen LogP contribution in [-0.4, -0.2) is 29.2 Å². The van der Waals surface area contributed by atoms with E-state index in [2.05, 4.69) is 6.92 Å². The molecule has 10 heavy (non-hydrogen) atoms. The van der Waals surface area contributed by atoms with Crippen molar-refractivity contribution in [3.63, 3.8) is 0 Å². The van der Waals surface area contributed by atoms with E-state index in [0.29, 0.717) is 12.3 Å². The quantitative estimate of drug-likeness (QED) is 0.552. The van der Waals surface area contributed by atoms with Crippen LogP contribution in [-0.2, 0) is 4.74 Å². The Morgan fingerprint density at radius 2 is 2.20 bits per heavy atom. The van der Waals surface area contributed by atoms with Crippen LogP contribution in [0.25, 0.3) is 0 Å². The van der Waals surface area contributed by atoms with Crippen LogP contribution in [0.4, 0.5) is 0 Å². The fourth-order valence-electron chi connectivity index (χ4n) is 1.34. The second-order valence-corrected chi connectivity index (χ2v) is 2.97. The first-order valence-electron chi connectivity index (χ1n) is 3.66. The van der Waals surface area contributed by atoms with Crippen molar-refractivity contribution in [2.75, 3.05) is 6.61 Å². The Kier molecular flexibility index (Phi) is 2.65. The Hall–Kier alpha value is -0.120. The normalized spacial score (nSPS) is 41.7. The Balaban J connectivity index is 2.35. The van der Waals surface area contributed by atoms with Crippen LogP contribution in [0, 0.1) is 5.92 Å². The summed E-state index contributed by atoms with van der Waals surface area (Å²) >= 11 is 0. The fourth-order valence-corrected chi connectivity index (χ4v) is 1.34. The minimum Gasteiger partial charge on any atom is -0.394 e. The fraction of sp³-hybridized carbons (Fsp3) is 1.00. The molecule has 0 spiro atoms. The third-order valence-electron chi connectivity index (χ3n) is 1.82. The van der Waals surface area contributed by atoms with Gasteiger partial charge in [0.1, 0.15) is 0 Å². The van der Waals surface area contributed by atoms with Crippen LogP contribution in [0.3, 0.4) is 0 Å². The van der Waals surface area contributed by atoms with Gasteiger partial charge in [0.05, 0.1) is 12.7 Å². The van der Waals surface area contributed by atoms with Crippen LogP contribution in [0.2, 0.25) is 0 Å². The van der Waals surface area contributed by atoms with Gasteiger partial charge in [-0.25, -0.2) is 0 Å². The molecule has 0 aromatic heterocycles. The Labute approximate surface area is 60.6 Å². The molecule has 0 aliphatic carbocycles. The van der Waals surface area contributed by atoms with E-state index >= 15 is 0 Å². The highest BCUT2D eigenvalue weighted by molar-refractivity contribution is 4.69. The van der Waals surface area contributed by atoms with Crippen molar-refractivity contribution < 1.29 is 14.9 Å². The van der Waals surface area contributed by atoms with Crippen molar-refractivity contribution in [1.29, 1.82) is 0 Å². The lowest BCUT2D eigenvalue weighted by Gasteiger charge is -2.29. The smallest absolute Gasteiger partial charge is 0.155 e. The van der Waals surface area contributed by atoms with Crippen LogP contribution >= 0.6 is 0 Å². The van der Waals surface area contributed by atoms with Crippen LogP contribution < -0.4 is 0 Å². The predicted octanol–water partition coefficient (Wildman–Crippen LogP) is 0.112. The number of hydrogen-bond acceptors (Lipinski definition) is 3. The van der Waals surface area contributed by atoms with E-state index < -0.39 is 6.29 Å². The molecule has 3 heteroatoms. The van der Waals surface area contributed by atoms with Gasteiger partial charge in [-0.3, -0.25) is 0 Å². The van der Waals surface area contributed by atoms with E-state index in [4.69, 9.17) is 14.9 Å². The lowest BCUT2D eigenvalue weighted by molar-refractivity contribution is -0.184. The van der Waals surface area contributed by atoms with Crippen molar-refractivity contribution in [2.45, 2.75) is 32.2 Å². The van der Waals surface area contributed by atoms with E-state index in [0.717, 1.165) is 6.42 Å². The maximum absolute atomic E-state index is 9.05. The molecule has 60 valence electrons. The predicted molar refractivity (Wildman–Crippen MR) is 36.4 cm³/mol. The minimum absolute atomic E-state index is 0.0153. The SMILES string of the molecule is CC1CC(O)OC(CO)C1. The average molecular weight is 146 g/mol. The lowest BCUT2D eigenvalue weighted by atomic mass is 9.97. The molecule has 1 heterocycles. The van der Waals surface area contributed by atoms with Gasteiger partial charge in [-0.05, 0) is 12.3 Å². The van der Waals surface area contributed by atoms with E-state index in [1.165, 1.54) is 0 Å². The molecule has 1 aliphatic heterocycles. The van der Waals surface area contributed by atoms with Gasteiger partial charge in [0.15, 0.2) is 6.29 Å². The van der Waals surface area contributed by atoms with E-state index in [9.17, 15) is 0 Å². The lowest BCUT2D eigenvalue weighted by Crippen LogP contribution is -2.33. The molecular formula is C7H14O3. The molecule has 0 aromatic rings. The van der Waals surface area contributed by atoms with Gasteiger partial charge >= 0.3 is 0 Å². The zero-order valence-corrected chi connectivity index (χ0v) is 6.16. The molecule has 0 saturated carbocycles. The maximum Gasteiger partial charge on any atom is 0.155 e. The number of hydrogen-bond donors (Lipinski definition) is 2. The molecule has 0 aromatic carbocycles. The van der Waals surface area contributed by atoms with E-state index in [1.54, 1.807) is 0 Å².